The van der Waals surface area contributed by atoms with Crippen molar-refractivity contribution < 1.29 is 13.8 Å². The fourth-order valence-electron chi connectivity index (χ4n) is 3.71. The zero-order chi connectivity index (χ0) is 23.5. The minimum absolute atomic E-state index is 0.218. The molecule has 5 nitrogen and oxygen atoms in total. The smallest absolute Gasteiger partial charge is 0.259 e. The van der Waals surface area contributed by atoms with Crippen LogP contribution in [0.15, 0.2) is 76.5 Å². The van der Waals surface area contributed by atoms with E-state index in [9.17, 15) is 13.8 Å². The third kappa shape index (κ3) is 5.02. The molecule has 3 aromatic rings. The van der Waals surface area contributed by atoms with Crippen LogP contribution in [0.25, 0.3) is 0 Å². The topological polar surface area (TPSA) is 66.5 Å². The van der Waals surface area contributed by atoms with E-state index in [0.29, 0.717) is 44.1 Å². The van der Waals surface area contributed by atoms with Crippen LogP contribution in [0.5, 0.6) is 0 Å². The number of carbonyl (C=O) groups is 2. The number of nitrogens with zero attached hydrogens (tertiary/aromatic N) is 1. The molecule has 0 saturated carbocycles. The average molecular weight is 481 g/mol. The maximum Gasteiger partial charge on any atom is 0.259 e. The molecule has 1 atom stereocenters. The normalized spacial score (nSPS) is 15.1. The van der Waals surface area contributed by atoms with Gasteiger partial charge in [0.1, 0.15) is 0 Å². The average Bonchev–Trinajstić information content (AvgIpc) is 2.89. The molecule has 1 N–H and O–H groups in total. The zero-order valence-electron chi connectivity index (χ0n) is 18.5. The van der Waals surface area contributed by atoms with Crippen molar-refractivity contribution in [2.24, 2.45) is 5.92 Å². The van der Waals surface area contributed by atoms with Crippen molar-refractivity contribution >= 4 is 39.9 Å². The predicted molar refractivity (Wildman–Crippen MR) is 131 cm³/mol. The molecule has 4 rings (SSSR count). The van der Waals surface area contributed by atoms with Gasteiger partial charge in [0.15, 0.2) is 0 Å². The summed E-state index contributed by atoms with van der Waals surface area (Å²) in [6.45, 7) is 5.02. The van der Waals surface area contributed by atoms with Crippen molar-refractivity contribution in [2.45, 2.75) is 36.6 Å². The van der Waals surface area contributed by atoms with Gasteiger partial charge in [0.05, 0.1) is 38.4 Å². The number of benzene rings is 3. The Morgan fingerprint density at radius 1 is 1.03 bits per heavy atom. The number of hydrogen-bond acceptors (Lipinski definition) is 3. The van der Waals surface area contributed by atoms with Crippen LogP contribution in [0.2, 0.25) is 5.02 Å². The molecule has 2 amide bonds. The number of nitrogens with one attached hydrogen (secondary N) is 1. The number of halogens is 1. The Balaban J connectivity index is 1.77. The molecule has 0 fully saturated rings. The first-order valence-electron chi connectivity index (χ1n) is 10.8. The molecule has 0 saturated heterocycles. The molecule has 0 bridgehead atoms. The van der Waals surface area contributed by atoms with Gasteiger partial charge < -0.3 is 10.2 Å². The Bertz CT molecular complexity index is 1220. The standard InChI is InChI=1S/C26H25ClN2O3S/c1-17(2)13-14-28-25(30)19-9-12-24-22(15-19)29(16-18-7-10-20(27)11-8-18)26(31)21-5-3-4-6-23(21)33(24)32/h3-12,15,17H,13-14,16H2,1-2H3,(H,28,30). The third-order valence-corrected chi connectivity index (χ3v) is 7.29. The van der Waals surface area contributed by atoms with Gasteiger partial charge >= 0.3 is 0 Å². The van der Waals surface area contributed by atoms with Crippen molar-refractivity contribution in [2.75, 3.05) is 11.4 Å². The minimum atomic E-state index is -1.56. The summed E-state index contributed by atoms with van der Waals surface area (Å²) < 4.78 is 13.5. The van der Waals surface area contributed by atoms with E-state index < -0.39 is 10.8 Å². The summed E-state index contributed by atoms with van der Waals surface area (Å²) in [4.78, 5) is 28.9. The molecule has 170 valence electrons. The highest BCUT2D eigenvalue weighted by molar-refractivity contribution is 7.85. The fourth-order valence-corrected chi connectivity index (χ4v) is 5.18. The van der Waals surface area contributed by atoms with E-state index in [-0.39, 0.29) is 18.4 Å². The number of carbonyl (C=O) groups excluding carboxylic acids is 2. The SMILES string of the molecule is CC(C)CCNC(=O)c1ccc2c(c1)N(Cc1ccc(Cl)cc1)C(=O)c1ccccc1S2=O. The predicted octanol–water partition coefficient (Wildman–Crippen LogP) is 5.44. The van der Waals surface area contributed by atoms with E-state index in [1.165, 1.54) is 0 Å². The lowest BCUT2D eigenvalue weighted by Crippen LogP contribution is -2.31. The second-order valence-corrected chi connectivity index (χ2v) is 10.3. The van der Waals surface area contributed by atoms with E-state index in [4.69, 9.17) is 11.6 Å². The second kappa shape index (κ2) is 9.89. The first-order valence-corrected chi connectivity index (χ1v) is 12.4. The first-order chi connectivity index (χ1) is 15.8. The van der Waals surface area contributed by atoms with Crippen LogP contribution in [-0.4, -0.2) is 22.6 Å². The highest BCUT2D eigenvalue weighted by Gasteiger charge is 2.31. The van der Waals surface area contributed by atoms with Crippen LogP contribution < -0.4 is 10.2 Å². The van der Waals surface area contributed by atoms with Crippen LogP contribution in [0.3, 0.4) is 0 Å². The van der Waals surface area contributed by atoms with Crippen molar-refractivity contribution in [1.82, 2.24) is 5.32 Å². The molecular weight excluding hydrogens is 456 g/mol. The Kier molecular flexibility index (Phi) is 6.96. The Morgan fingerprint density at radius 2 is 1.76 bits per heavy atom. The molecule has 0 radical (unpaired) electrons. The van der Waals surface area contributed by atoms with Crippen LogP contribution in [-0.2, 0) is 17.3 Å². The minimum Gasteiger partial charge on any atom is -0.352 e. The van der Waals surface area contributed by atoms with Gasteiger partial charge in [-0.05, 0) is 60.4 Å². The van der Waals surface area contributed by atoms with Crippen LogP contribution in [0.1, 0.15) is 46.5 Å². The third-order valence-electron chi connectivity index (χ3n) is 5.54. The van der Waals surface area contributed by atoms with Gasteiger partial charge in [0.25, 0.3) is 11.8 Å². The van der Waals surface area contributed by atoms with Crippen LogP contribution in [0.4, 0.5) is 5.69 Å². The van der Waals surface area contributed by atoms with Gasteiger partial charge in [-0.25, -0.2) is 4.21 Å². The maximum absolute atomic E-state index is 13.6. The maximum atomic E-state index is 13.6. The summed E-state index contributed by atoms with van der Waals surface area (Å²) in [6.07, 6.45) is 0.872. The highest BCUT2D eigenvalue weighted by atomic mass is 35.5. The molecule has 3 aromatic carbocycles. The van der Waals surface area contributed by atoms with Gasteiger partial charge in [-0.2, -0.15) is 0 Å². The largest absolute Gasteiger partial charge is 0.352 e. The molecule has 0 aromatic heterocycles. The summed E-state index contributed by atoms with van der Waals surface area (Å²) >= 11 is 6.03. The lowest BCUT2D eigenvalue weighted by atomic mass is 10.1. The number of anilines is 1. The Morgan fingerprint density at radius 3 is 2.48 bits per heavy atom. The summed E-state index contributed by atoms with van der Waals surface area (Å²) in [5, 5.41) is 3.53. The molecule has 1 aliphatic rings. The lowest BCUT2D eigenvalue weighted by Gasteiger charge is -2.23. The highest BCUT2D eigenvalue weighted by Crippen LogP contribution is 2.36. The van der Waals surface area contributed by atoms with E-state index in [2.05, 4.69) is 19.2 Å². The van der Waals surface area contributed by atoms with Gasteiger partial charge in [0.2, 0.25) is 0 Å². The first kappa shape index (κ1) is 23.2. The summed E-state index contributed by atoms with van der Waals surface area (Å²) in [5.41, 5.74) is 2.16. The van der Waals surface area contributed by atoms with Gasteiger partial charge in [-0.1, -0.05) is 49.7 Å². The van der Waals surface area contributed by atoms with E-state index in [0.717, 1.165) is 12.0 Å². The molecule has 1 heterocycles. The van der Waals surface area contributed by atoms with Crippen LogP contribution in [0, 0.1) is 5.92 Å². The van der Waals surface area contributed by atoms with Crippen molar-refractivity contribution in [3.8, 4) is 0 Å². The molecule has 7 heteroatoms. The molecule has 1 unspecified atom stereocenters. The summed E-state index contributed by atoms with van der Waals surface area (Å²) in [7, 11) is -1.56. The lowest BCUT2D eigenvalue weighted by molar-refractivity contribution is 0.0948. The monoisotopic (exact) mass is 480 g/mol. The van der Waals surface area contributed by atoms with Crippen LogP contribution >= 0.6 is 11.6 Å². The Labute approximate surface area is 201 Å². The number of amides is 2. The van der Waals surface area contributed by atoms with Gasteiger partial charge in [0, 0.05) is 17.1 Å². The van der Waals surface area contributed by atoms with E-state index >= 15 is 0 Å². The Hall–Kier alpha value is -2.96. The molecule has 0 spiro atoms. The molecule has 0 aliphatic carbocycles. The molecular formula is C26H25ClN2O3S. The fraction of sp³-hybridized carbons (Fsp3) is 0.231. The van der Waals surface area contributed by atoms with E-state index in [1.807, 2.05) is 12.1 Å². The van der Waals surface area contributed by atoms with Crippen molar-refractivity contribution in [3.63, 3.8) is 0 Å². The van der Waals surface area contributed by atoms with Gasteiger partial charge in [-0.15, -0.1) is 0 Å². The quantitative estimate of drug-likeness (QED) is 0.510. The number of fused-ring (bicyclic) bond motifs is 2. The second-order valence-electron chi connectivity index (χ2n) is 8.40. The number of hydrogen-bond donors (Lipinski definition) is 1. The molecule has 33 heavy (non-hydrogen) atoms. The molecule has 1 aliphatic heterocycles. The zero-order valence-corrected chi connectivity index (χ0v) is 20.1. The van der Waals surface area contributed by atoms with Crippen molar-refractivity contribution in [1.29, 1.82) is 0 Å². The van der Waals surface area contributed by atoms with Gasteiger partial charge in [-0.3, -0.25) is 9.59 Å². The van der Waals surface area contributed by atoms with Crippen molar-refractivity contribution in [3.05, 3.63) is 88.4 Å². The summed E-state index contributed by atoms with van der Waals surface area (Å²) in [5.74, 6) is 0.000612. The summed E-state index contributed by atoms with van der Waals surface area (Å²) in [6, 6.07) is 19.2. The van der Waals surface area contributed by atoms with E-state index in [1.54, 1.807) is 59.5 Å². The number of rotatable bonds is 6.